The Morgan fingerprint density at radius 3 is 2.52 bits per heavy atom. The average molecular weight is 355 g/mol. The molecule has 2 aromatic rings. The number of Topliss-reactive ketones (excluding diaryl/α,β-unsaturated/α-hetero) is 1. The number of aliphatic hydroxyl groups excluding tert-OH is 1. The molecule has 2 aromatic carbocycles. The number of ether oxygens (including phenoxy) is 1. The number of carbonyl (C=O) groups excluding carboxylic acids is 1. The van der Waals surface area contributed by atoms with Gasteiger partial charge in [-0.25, -0.2) is 0 Å². The largest absolute Gasteiger partial charge is 0.508 e. The Labute approximate surface area is 151 Å². The van der Waals surface area contributed by atoms with E-state index in [2.05, 4.69) is 0 Å². The van der Waals surface area contributed by atoms with Crippen molar-refractivity contribution in [3.8, 4) is 11.1 Å². The molecule has 25 heavy (non-hydrogen) atoms. The van der Waals surface area contributed by atoms with Crippen LogP contribution in [0.2, 0.25) is 5.02 Å². The first-order chi connectivity index (χ1) is 11.9. The number of halogens is 1. The highest BCUT2D eigenvalue weighted by Gasteiger charge is 2.50. The van der Waals surface area contributed by atoms with Gasteiger partial charge in [0.1, 0.15) is 17.5 Å². The number of hydrogen-bond acceptors (Lipinski definition) is 3. The van der Waals surface area contributed by atoms with E-state index in [1.807, 2.05) is 56.3 Å². The summed E-state index contributed by atoms with van der Waals surface area (Å²) in [5.74, 6) is -0.0524. The van der Waals surface area contributed by atoms with Gasteiger partial charge >= 0.3 is 0 Å². The monoisotopic (exact) mass is 354 g/mol. The minimum Gasteiger partial charge on any atom is -0.508 e. The molecule has 1 fully saturated rings. The van der Waals surface area contributed by atoms with Gasteiger partial charge in [0.15, 0.2) is 5.78 Å². The maximum absolute atomic E-state index is 12.7. The van der Waals surface area contributed by atoms with Crippen molar-refractivity contribution in [3.05, 3.63) is 64.4 Å². The van der Waals surface area contributed by atoms with Crippen molar-refractivity contribution in [2.24, 2.45) is 0 Å². The third kappa shape index (κ3) is 2.59. The summed E-state index contributed by atoms with van der Waals surface area (Å²) in [5, 5.41) is 11.4. The highest BCUT2D eigenvalue weighted by Crippen LogP contribution is 2.45. The summed E-state index contributed by atoms with van der Waals surface area (Å²) >= 11 is 5.95. The summed E-state index contributed by atoms with van der Waals surface area (Å²) in [6.45, 7) is 3.81. The quantitative estimate of drug-likeness (QED) is 0.815. The van der Waals surface area contributed by atoms with Gasteiger partial charge in [0.05, 0.1) is 5.57 Å². The van der Waals surface area contributed by atoms with E-state index in [9.17, 15) is 9.90 Å². The first-order valence-electron chi connectivity index (χ1n) is 8.42. The molecule has 1 N–H and O–H groups in total. The first kappa shape index (κ1) is 16.4. The second kappa shape index (κ2) is 5.72. The molecular weight excluding hydrogens is 336 g/mol. The maximum atomic E-state index is 12.7. The Balaban J connectivity index is 1.79. The van der Waals surface area contributed by atoms with E-state index in [4.69, 9.17) is 16.3 Å². The highest BCUT2D eigenvalue weighted by molar-refractivity contribution is 6.30. The lowest BCUT2D eigenvalue weighted by Crippen LogP contribution is -2.37. The fraction of sp³-hybridized carbons (Fsp3) is 0.286. The third-order valence-electron chi connectivity index (χ3n) is 5.24. The summed E-state index contributed by atoms with van der Waals surface area (Å²) in [5.41, 5.74) is 3.51. The lowest BCUT2D eigenvalue weighted by atomic mass is 9.88. The van der Waals surface area contributed by atoms with Crippen molar-refractivity contribution < 1.29 is 14.6 Å². The van der Waals surface area contributed by atoms with E-state index in [0.717, 1.165) is 22.3 Å². The van der Waals surface area contributed by atoms with Gasteiger partial charge in [-0.3, -0.25) is 4.79 Å². The van der Waals surface area contributed by atoms with Crippen LogP contribution in [0.3, 0.4) is 0 Å². The van der Waals surface area contributed by atoms with Crippen LogP contribution >= 0.6 is 11.6 Å². The predicted molar refractivity (Wildman–Crippen MR) is 98.7 cm³/mol. The van der Waals surface area contributed by atoms with Gasteiger partial charge in [0, 0.05) is 5.02 Å². The number of aryl methyl sites for hydroxylation is 1. The summed E-state index contributed by atoms with van der Waals surface area (Å²) in [4.78, 5) is 12.7. The van der Waals surface area contributed by atoms with E-state index < -0.39 is 11.7 Å². The Bertz CT molecular complexity index is 898. The van der Waals surface area contributed by atoms with E-state index in [0.29, 0.717) is 23.4 Å². The second-order valence-corrected chi connectivity index (χ2v) is 7.44. The van der Waals surface area contributed by atoms with Crippen LogP contribution in [0.5, 0.6) is 0 Å². The summed E-state index contributed by atoms with van der Waals surface area (Å²) < 4.78 is 5.74. The summed E-state index contributed by atoms with van der Waals surface area (Å²) in [6.07, 6.45) is 0.886. The minimum absolute atomic E-state index is 0.0635. The van der Waals surface area contributed by atoms with Crippen LogP contribution in [0.15, 0.2) is 48.2 Å². The Kier molecular flexibility index (Phi) is 3.75. The number of rotatable bonds is 2. The molecule has 0 amide bonds. The van der Waals surface area contributed by atoms with Gasteiger partial charge in [0.25, 0.3) is 0 Å². The molecule has 4 rings (SSSR count). The van der Waals surface area contributed by atoms with Gasteiger partial charge in [-0.1, -0.05) is 41.9 Å². The van der Waals surface area contributed by atoms with Crippen LogP contribution in [-0.2, 0) is 9.53 Å². The van der Waals surface area contributed by atoms with Gasteiger partial charge in [-0.15, -0.1) is 0 Å². The number of aliphatic hydroxyl groups is 1. The molecule has 4 heteroatoms. The van der Waals surface area contributed by atoms with Crippen LogP contribution in [-0.4, -0.2) is 22.6 Å². The second-order valence-electron chi connectivity index (χ2n) is 7.00. The summed E-state index contributed by atoms with van der Waals surface area (Å²) in [7, 11) is 0. The van der Waals surface area contributed by atoms with Crippen LogP contribution in [0, 0.1) is 6.92 Å². The zero-order valence-electron chi connectivity index (χ0n) is 14.2. The summed E-state index contributed by atoms with van der Waals surface area (Å²) in [6, 6.07) is 13.6. The Morgan fingerprint density at radius 2 is 1.84 bits per heavy atom. The van der Waals surface area contributed by atoms with Gasteiger partial charge in [-0.05, 0) is 61.1 Å². The minimum atomic E-state index is -0.741. The molecule has 0 spiro atoms. The molecule has 2 bridgehead atoms. The molecule has 2 heterocycles. The smallest absolute Gasteiger partial charge is 0.195 e. The molecule has 1 saturated heterocycles. The van der Waals surface area contributed by atoms with E-state index >= 15 is 0 Å². The molecule has 2 aliphatic heterocycles. The topological polar surface area (TPSA) is 46.5 Å². The zero-order valence-corrected chi connectivity index (χ0v) is 14.9. The maximum Gasteiger partial charge on any atom is 0.195 e. The average Bonchev–Trinajstić information content (AvgIpc) is 2.97. The molecule has 2 unspecified atom stereocenters. The van der Waals surface area contributed by atoms with Crippen molar-refractivity contribution >= 4 is 23.0 Å². The van der Waals surface area contributed by atoms with Crippen LogP contribution < -0.4 is 0 Å². The van der Waals surface area contributed by atoms with Crippen molar-refractivity contribution in [2.75, 3.05) is 0 Å². The fourth-order valence-corrected chi connectivity index (χ4v) is 3.89. The highest BCUT2D eigenvalue weighted by atomic mass is 35.5. The lowest BCUT2D eigenvalue weighted by Gasteiger charge is -2.31. The predicted octanol–water partition coefficient (Wildman–Crippen LogP) is 5.10. The normalized spacial score (nSPS) is 25.6. The zero-order chi connectivity index (χ0) is 17.8. The molecule has 0 aromatic heterocycles. The first-order valence-corrected chi connectivity index (χ1v) is 8.79. The lowest BCUT2D eigenvalue weighted by molar-refractivity contribution is -0.130. The number of fused-ring (bicyclic) bond motifs is 2. The van der Waals surface area contributed by atoms with Gasteiger partial charge < -0.3 is 9.84 Å². The Morgan fingerprint density at radius 1 is 1.16 bits per heavy atom. The van der Waals surface area contributed by atoms with Crippen LogP contribution in [0.1, 0.15) is 30.9 Å². The van der Waals surface area contributed by atoms with Gasteiger partial charge in [-0.2, -0.15) is 0 Å². The fourth-order valence-electron chi connectivity index (χ4n) is 3.77. The standard InChI is InChI=1S/C21H19ClO3/c1-12-11-14(13-3-6-15(22)7-4-13)5-8-16(12)18-19(23)17-9-10-21(2,25-17)20(18)24/h3-8,11,17,24H,9-10H2,1-2H3. The van der Waals surface area contributed by atoms with Crippen molar-refractivity contribution in [2.45, 2.75) is 38.4 Å². The van der Waals surface area contributed by atoms with E-state index in [1.165, 1.54) is 0 Å². The molecule has 2 atom stereocenters. The number of benzene rings is 2. The molecule has 128 valence electrons. The van der Waals surface area contributed by atoms with E-state index in [1.54, 1.807) is 0 Å². The van der Waals surface area contributed by atoms with Crippen LogP contribution in [0.25, 0.3) is 16.7 Å². The molecule has 3 nitrogen and oxygen atoms in total. The molecule has 2 aliphatic rings. The van der Waals surface area contributed by atoms with Gasteiger partial charge in [0.2, 0.25) is 0 Å². The molecule has 0 radical (unpaired) electrons. The molecule has 0 aliphatic carbocycles. The Hall–Kier alpha value is -2.10. The molecular formula is C21H19ClO3. The van der Waals surface area contributed by atoms with Crippen molar-refractivity contribution in [1.82, 2.24) is 0 Å². The molecule has 0 saturated carbocycles. The van der Waals surface area contributed by atoms with E-state index in [-0.39, 0.29) is 11.5 Å². The number of carbonyl (C=O) groups is 1. The van der Waals surface area contributed by atoms with Crippen molar-refractivity contribution in [3.63, 3.8) is 0 Å². The number of hydrogen-bond donors (Lipinski definition) is 1. The van der Waals surface area contributed by atoms with Crippen molar-refractivity contribution in [1.29, 1.82) is 0 Å². The number of ketones is 1. The third-order valence-corrected chi connectivity index (χ3v) is 5.49. The van der Waals surface area contributed by atoms with Crippen LogP contribution in [0.4, 0.5) is 0 Å². The SMILES string of the molecule is Cc1cc(-c2ccc(Cl)cc2)ccc1C1=C(O)C2(C)CCC(O2)C1=O.